The Morgan fingerprint density at radius 3 is 2.87 bits per heavy atom. The van der Waals surface area contributed by atoms with Crippen LogP contribution in [0.25, 0.3) is 11.0 Å². The highest BCUT2D eigenvalue weighted by Gasteiger charge is 2.10. The molecule has 1 aromatic heterocycles. The molecule has 80 valence electrons. The Morgan fingerprint density at radius 1 is 1.40 bits per heavy atom. The van der Waals surface area contributed by atoms with E-state index in [0.29, 0.717) is 6.54 Å². The fraction of sp³-hybridized carbons (Fsp3) is 0.364. The van der Waals surface area contributed by atoms with Crippen molar-refractivity contribution in [1.82, 2.24) is 9.55 Å². The molecule has 0 bridgehead atoms. The summed E-state index contributed by atoms with van der Waals surface area (Å²) in [6.07, 6.45) is 0.794. The van der Waals surface area contributed by atoms with Crippen molar-refractivity contribution in [2.75, 3.05) is 12.3 Å². The zero-order chi connectivity index (χ0) is 10.8. The average Bonchev–Trinajstić information content (AvgIpc) is 2.57. The first kappa shape index (κ1) is 9.98. The van der Waals surface area contributed by atoms with Crippen LogP contribution in [-0.4, -0.2) is 16.1 Å². The minimum atomic E-state index is 0.614. The molecule has 15 heavy (non-hydrogen) atoms. The van der Waals surface area contributed by atoms with E-state index >= 15 is 0 Å². The maximum Gasteiger partial charge on any atom is 0.111 e. The third-order valence-corrected chi connectivity index (χ3v) is 2.56. The first-order chi connectivity index (χ1) is 7.27. The van der Waals surface area contributed by atoms with Crippen LogP contribution in [0, 0.1) is 0 Å². The van der Waals surface area contributed by atoms with Gasteiger partial charge in [-0.25, -0.2) is 4.98 Å². The highest BCUT2D eigenvalue weighted by Crippen LogP contribution is 2.22. The molecule has 0 aliphatic rings. The van der Waals surface area contributed by atoms with Gasteiger partial charge in [0, 0.05) is 13.0 Å². The molecule has 2 rings (SSSR count). The van der Waals surface area contributed by atoms with E-state index in [-0.39, 0.29) is 0 Å². The number of hydrogen-bond acceptors (Lipinski definition) is 3. The first-order valence-corrected chi connectivity index (χ1v) is 5.21. The fourth-order valence-electron chi connectivity index (χ4n) is 1.92. The average molecular weight is 204 g/mol. The van der Waals surface area contributed by atoms with Gasteiger partial charge in [0.25, 0.3) is 0 Å². The quantitative estimate of drug-likeness (QED) is 0.736. The summed E-state index contributed by atoms with van der Waals surface area (Å²) in [7, 11) is 0. The highest BCUT2D eigenvalue weighted by atomic mass is 15.1. The van der Waals surface area contributed by atoms with Crippen molar-refractivity contribution < 1.29 is 0 Å². The van der Waals surface area contributed by atoms with Gasteiger partial charge in [0.1, 0.15) is 5.82 Å². The van der Waals surface area contributed by atoms with Gasteiger partial charge < -0.3 is 16.0 Å². The number of nitrogen functional groups attached to an aromatic ring is 1. The number of aryl methyl sites for hydroxylation is 1. The number of aromatic nitrogens is 2. The summed E-state index contributed by atoms with van der Waals surface area (Å²) in [6, 6.07) is 5.82. The summed E-state index contributed by atoms with van der Waals surface area (Å²) in [4.78, 5) is 4.54. The molecular formula is C11H16N4. The van der Waals surface area contributed by atoms with Gasteiger partial charge in [-0.2, -0.15) is 0 Å². The van der Waals surface area contributed by atoms with Crippen molar-refractivity contribution >= 4 is 16.7 Å². The molecule has 0 aliphatic carbocycles. The molecule has 2 aromatic rings. The molecule has 0 aliphatic heterocycles. The number of hydrogen-bond donors (Lipinski definition) is 2. The Kier molecular flexibility index (Phi) is 2.60. The summed E-state index contributed by atoms with van der Waals surface area (Å²) in [6.45, 7) is 3.58. The highest BCUT2D eigenvalue weighted by molar-refractivity contribution is 5.87. The van der Waals surface area contributed by atoms with E-state index in [9.17, 15) is 0 Å². The molecule has 0 radical (unpaired) electrons. The van der Waals surface area contributed by atoms with Gasteiger partial charge in [-0.05, 0) is 25.6 Å². The van der Waals surface area contributed by atoms with E-state index in [4.69, 9.17) is 11.5 Å². The third kappa shape index (κ3) is 1.57. The lowest BCUT2D eigenvalue weighted by molar-refractivity contribution is 0.712. The number of rotatable bonds is 3. The van der Waals surface area contributed by atoms with Crippen LogP contribution in [0.3, 0.4) is 0 Å². The van der Waals surface area contributed by atoms with E-state index < -0.39 is 0 Å². The number of nitrogens with two attached hydrogens (primary N) is 2. The second kappa shape index (κ2) is 3.90. The van der Waals surface area contributed by atoms with Crippen LogP contribution in [-0.2, 0) is 13.0 Å². The standard InChI is InChI=1S/C11H16N4/c1-2-15-10(6-7-12)14-9-5-3-4-8(13)11(9)15/h3-5H,2,6-7,12-13H2,1H3. The van der Waals surface area contributed by atoms with Gasteiger partial charge in [-0.1, -0.05) is 6.07 Å². The van der Waals surface area contributed by atoms with Crippen LogP contribution in [0.1, 0.15) is 12.7 Å². The van der Waals surface area contributed by atoms with E-state index in [1.54, 1.807) is 0 Å². The summed E-state index contributed by atoms with van der Waals surface area (Å²) in [5.74, 6) is 1.02. The molecule has 4 heteroatoms. The van der Waals surface area contributed by atoms with Gasteiger partial charge in [0.15, 0.2) is 0 Å². The SMILES string of the molecule is CCn1c(CCN)nc2cccc(N)c21. The second-order valence-corrected chi connectivity index (χ2v) is 3.53. The zero-order valence-corrected chi connectivity index (χ0v) is 8.90. The van der Waals surface area contributed by atoms with E-state index in [1.807, 2.05) is 18.2 Å². The number of imidazole rings is 1. The lowest BCUT2D eigenvalue weighted by Crippen LogP contribution is -2.09. The van der Waals surface area contributed by atoms with Gasteiger partial charge in [0.2, 0.25) is 0 Å². The van der Waals surface area contributed by atoms with Crippen LogP contribution in [0.2, 0.25) is 0 Å². The van der Waals surface area contributed by atoms with Crippen LogP contribution in [0.5, 0.6) is 0 Å². The Labute approximate surface area is 88.9 Å². The molecule has 0 atom stereocenters. The van der Waals surface area contributed by atoms with Crippen LogP contribution >= 0.6 is 0 Å². The molecule has 0 spiro atoms. The van der Waals surface area contributed by atoms with Crippen LogP contribution in [0.4, 0.5) is 5.69 Å². The van der Waals surface area contributed by atoms with Gasteiger partial charge in [0.05, 0.1) is 16.7 Å². The topological polar surface area (TPSA) is 69.9 Å². The van der Waals surface area contributed by atoms with Crippen molar-refractivity contribution in [1.29, 1.82) is 0 Å². The molecule has 4 nitrogen and oxygen atoms in total. The molecule has 0 saturated carbocycles. The minimum Gasteiger partial charge on any atom is -0.397 e. The fourth-order valence-corrected chi connectivity index (χ4v) is 1.92. The second-order valence-electron chi connectivity index (χ2n) is 3.53. The smallest absolute Gasteiger partial charge is 0.111 e. The minimum absolute atomic E-state index is 0.614. The van der Waals surface area contributed by atoms with E-state index in [2.05, 4.69) is 16.5 Å². The Balaban J connectivity index is 2.68. The predicted octanol–water partition coefficient (Wildman–Crippen LogP) is 1.14. The maximum atomic E-state index is 5.95. The molecule has 1 aromatic carbocycles. The van der Waals surface area contributed by atoms with Crippen molar-refractivity contribution in [3.8, 4) is 0 Å². The largest absolute Gasteiger partial charge is 0.397 e. The van der Waals surface area contributed by atoms with E-state index in [1.165, 1.54) is 0 Å². The van der Waals surface area contributed by atoms with Gasteiger partial charge in [-0.15, -0.1) is 0 Å². The molecule has 0 fully saturated rings. The number of nitrogens with zero attached hydrogens (tertiary/aromatic N) is 2. The van der Waals surface area contributed by atoms with Crippen molar-refractivity contribution in [2.45, 2.75) is 19.9 Å². The first-order valence-electron chi connectivity index (χ1n) is 5.21. The Hall–Kier alpha value is -1.55. The molecular weight excluding hydrogens is 188 g/mol. The predicted molar refractivity (Wildman–Crippen MR) is 62.6 cm³/mol. The summed E-state index contributed by atoms with van der Waals surface area (Å²) in [5, 5.41) is 0. The number of benzene rings is 1. The number of anilines is 1. The van der Waals surface area contributed by atoms with Crippen molar-refractivity contribution in [2.24, 2.45) is 5.73 Å². The summed E-state index contributed by atoms with van der Waals surface area (Å²) in [5.41, 5.74) is 14.3. The van der Waals surface area contributed by atoms with Crippen molar-refractivity contribution in [3.63, 3.8) is 0 Å². The number of para-hydroxylation sites is 1. The molecule has 0 amide bonds. The lowest BCUT2D eigenvalue weighted by atomic mass is 10.3. The third-order valence-electron chi connectivity index (χ3n) is 2.56. The molecule has 4 N–H and O–H groups in total. The summed E-state index contributed by atoms with van der Waals surface area (Å²) >= 11 is 0. The Bertz CT molecular complexity index is 473. The normalized spacial score (nSPS) is 11.1. The maximum absolute atomic E-state index is 5.95. The molecule has 0 saturated heterocycles. The zero-order valence-electron chi connectivity index (χ0n) is 8.90. The van der Waals surface area contributed by atoms with E-state index in [0.717, 1.165) is 35.5 Å². The van der Waals surface area contributed by atoms with Crippen molar-refractivity contribution in [3.05, 3.63) is 24.0 Å². The van der Waals surface area contributed by atoms with Gasteiger partial charge >= 0.3 is 0 Å². The molecule has 1 heterocycles. The van der Waals surface area contributed by atoms with Crippen LogP contribution < -0.4 is 11.5 Å². The summed E-state index contributed by atoms with van der Waals surface area (Å²) < 4.78 is 2.14. The Morgan fingerprint density at radius 2 is 2.20 bits per heavy atom. The van der Waals surface area contributed by atoms with Crippen LogP contribution in [0.15, 0.2) is 18.2 Å². The number of fused-ring (bicyclic) bond motifs is 1. The van der Waals surface area contributed by atoms with Gasteiger partial charge in [-0.3, -0.25) is 0 Å². The monoisotopic (exact) mass is 204 g/mol. The lowest BCUT2D eigenvalue weighted by Gasteiger charge is -2.05. The molecule has 0 unspecified atom stereocenters.